The molecule has 0 spiro atoms. The van der Waals surface area contributed by atoms with Crippen LogP contribution in [0.1, 0.15) is 76.8 Å². The van der Waals surface area contributed by atoms with E-state index in [-0.39, 0.29) is 23.1 Å². The normalized spacial score (nSPS) is 15.0. The molecule has 0 heterocycles. The van der Waals surface area contributed by atoms with Crippen molar-refractivity contribution in [2.45, 2.75) is 99.0 Å². The number of rotatable bonds is 6. The highest BCUT2D eigenvalue weighted by Crippen LogP contribution is 2.38. The van der Waals surface area contributed by atoms with Crippen molar-refractivity contribution in [1.29, 1.82) is 0 Å². The summed E-state index contributed by atoms with van der Waals surface area (Å²) in [7, 11) is -1.87. The summed E-state index contributed by atoms with van der Waals surface area (Å²) in [5, 5.41) is 3.29. The molecule has 5 heteroatoms. The molecule has 0 radical (unpaired) electrons. The Labute approximate surface area is 179 Å². The zero-order chi connectivity index (χ0) is 22.8. The zero-order valence-corrected chi connectivity index (χ0v) is 21.7. The molecule has 0 saturated carbocycles. The summed E-state index contributed by atoms with van der Waals surface area (Å²) in [4.78, 5) is 12.6. The number of benzene rings is 1. The lowest BCUT2D eigenvalue weighted by Crippen LogP contribution is -2.44. The Morgan fingerprint density at radius 3 is 1.93 bits per heavy atom. The third kappa shape index (κ3) is 7.45. The van der Waals surface area contributed by atoms with Crippen molar-refractivity contribution in [3.63, 3.8) is 0 Å². The van der Waals surface area contributed by atoms with Crippen molar-refractivity contribution in [2.24, 2.45) is 5.92 Å². The smallest absolute Gasteiger partial charge is 0.408 e. The maximum absolute atomic E-state index is 12.6. The third-order valence-electron chi connectivity index (χ3n) is 5.80. The van der Waals surface area contributed by atoms with Gasteiger partial charge in [-0.2, -0.15) is 0 Å². The Hall–Kier alpha value is -1.33. The predicted octanol–water partition coefficient (Wildman–Crippen LogP) is 6.84. The summed E-state index contributed by atoms with van der Waals surface area (Å²) in [6.07, 6.45) is -0.388. The lowest BCUT2D eigenvalue weighted by molar-refractivity contribution is 0.0475. The molecule has 1 N–H and O–H groups in total. The Bertz CT molecular complexity index is 691. The van der Waals surface area contributed by atoms with Crippen molar-refractivity contribution < 1.29 is 14.0 Å². The fraction of sp³-hybridized carbons (Fsp3) is 0.708. The minimum absolute atomic E-state index is 0.108. The van der Waals surface area contributed by atoms with Crippen LogP contribution < -0.4 is 5.32 Å². The van der Waals surface area contributed by atoms with Crippen LogP contribution in [0.5, 0.6) is 0 Å². The van der Waals surface area contributed by atoms with Gasteiger partial charge >= 0.3 is 6.09 Å². The lowest BCUT2D eigenvalue weighted by Gasteiger charge is -2.38. The van der Waals surface area contributed by atoms with Crippen LogP contribution in [-0.4, -0.2) is 26.6 Å². The highest BCUT2D eigenvalue weighted by Gasteiger charge is 2.38. The lowest BCUT2D eigenvalue weighted by atomic mass is 9.87. The Balaban J connectivity index is 3.19. The number of carbonyl (C=O) groups is 1. The molecule has 0 aliphatic rings. The van der Waals surface area contributed by atoms with Gasteiger partial charge in [-0.15, -0.1) is 0 Å². The largest absolute Gasteiger partial charge is 0.444 e. The van der Waals surface area contributed by atoms with E-state index in [1.807, 2.05) is 20.8 Å². The standard InChI is InChI=1S/C24H43NO3Si/c1-16-13-17(2)20(18(3)14-16)21(25-22(26)28-23(5,6)7)19(4)15-27-29(11,12)24(8,9)10/h13-14,19,21H,15H2,1-12H3,(H,25,26)/t19?,21-/m0/s1. The van der Waals surface area contributed by atoms with Crippen LogP contribution in [0.25, 0.3) is 0 Å². The minimum atomic E-state index is -1.87. The molecule has 0 bridgehead atoms. The second kappa shape index (κ2) is 9.21. The van der Waals surface area contributed by atoms with Crippen LogP contribution in [0.15, 0.2) is 12.1 Å². The summed E-state index contributed by atoms with van der Waals surface area (Å²) in [6, 6.07) is 4.18. The van der Waals surface area contributed by atoms with Gasteiger partial charge in [-0.1, -0.05) is 45.4 Å². The summed E-state index contributed by atoms with van der Waals surface area (Å²) < 4.78 is 12.1. The maximum atomic E-state index is 12.6. The van der Waals surface area contributed by atoms with Crippen LogP contribution in [0.2, 0.25) is 18.1 Å². The molecule has 1 amide bonds. The number of hydrogen-bond acceptors (Lipinski definition) is 3. The molecule has 0 aliphatic heterocycles. The quantitative estimate of drug-likeness (QED) is 0.512. The Morgan fingerprint density at radius 2 is 1.52 bits per heavy atom. The van der Waals surface area contributed by atoms with E-state index in [1.165, 1.54) is 16.7 Å². The molecule has 0 aliphatic carbocycles. The highest BCUT2D eigenvalue weighted by molar-refractivity contribution is 6.74. The SMILES string of the molecule is Cc1cc(C)c([C@@H](NC(=O)OC(C)(C)C)C(C)CO[Si](C)(C)C(C)(C)C)c(C)c1. The molecule has 2 atom stereocenters. The molecule has 166 valence electrons. The van der Waals surface area contributed by atoms with Crippen molar-refractivity contribution in [3.8, 4) is 0 Å². The van der Waals surface area contributed by atoms with E-state index in [2.05, 4.69) is 79.0 Å². The molecular formula is C24H43NO3Si. The number of alkyl carbamates (subject to hydrolysis) is 1. The van der Waals surface area contributed by atoms with Gasteiger partial charge in [-0.3, -0.25) is 0 Å². The molecule has 1 aromatic rings. The molecule has 4 nitrogen and oxygen atoms in total. The van der Waals surface area contributed by atoms with E-state index in [0.717, 1.165) is 5.56 Å². The van der Waals surface area contributed by atoms with Gasteiger partial charge < -0.3 is 14.5 Å². The number of carbonyl (C=O) groups excluding carboxylic acids is 1. The van der Waals surface area contributed by atoms with Crippen molar-refractivity contribution in [2.75, 3.05) is 6.61 Å². The molecule has 0 saturated heterocycles. The molecule has 0 fully saturated rings. The Morgan fingerprint density at radius 1 is 1.03 bits per heavy atom. The van der Waals surface area contributed by atoms with E-state index in [0.29, 0.717) is 6.61 Å². The van der Waals surface area contributed by atoms with E-state index in [4.69, 9.17) is 9.16 Å². The molecule has 1 rings (SSSR count). The van der Waals surface area contributed by atoms with Crippen LogP contribution in [0.3, 0.4) is 0 Å². The fourth-order valence-electron chi connectivity index (χ4n) is 3.27. The molecule has 29 heavy (non-hydrogen) atoms. The van der Waals surface area contributed by atoms with Gasteiger partial charge in [0, 0.05) is 12.5 Å². The summed E-state index contributed by atoms with van der Waals surface area (Å²) >= 11 is 0. The van der Waals surface area contributed by atoms with E-state index in [9.17, 15) is 4.79 Å². The Kier molecular flexibility index (Phi) is 8.17. The molecule has 1 unspecified atom stereocenters. The number of ether oxygens (including phenoxy) is 1. The number of nitrogens with one attached hydrogen (secondary N) is 1. The fourth-order valence-corrected chi connectivity index (χ4v) is 4.38. The summed E-state index contributed by atoms with van der Waals surface area (Å²) in [5.41, 5.74) is 4.22. The van der Waals surface area contributed by atoms with Gasteiger partial charge in [0.15, 0.2) is 8.32 Å². The van der Waals surface area contributed by atoms with Crippen LogP contribution in [0.4, 0.5) is 4.79 Å². The molecule has 0 aromatic heterocycles. The van der Waals surface area contributed by atoms with E-state index < -0.39 is 13.9 Å². The van der Waals surface area contributed by atoms with Gasteiger partial charge in [0.2, 0.25) is 0 Å². The minimum Gasteiger partial charge on any atom is -0.444 e. The van der Waals surface area contributed by atoms with Crippen molar-refractivity contribution in [1.82, 2.24) is 5.32 Å². The van der Waals surface area contributed by atoms with Gasteiger partial charge in [-0.05, 0) is 76.4 Å². The van der Waals surface area contributed by atoms with Crippen LogP contribution in [-0.2, 0) is 9.16 Å². The maximum Gasteiger partial charge on any atom is 0.408 e. The number of aryl methyl sites for hydroxylation is 3. The first-order valence-electron chi connectivity index (χ1n) is 10.7. The summed E-state index contributed by atoms with van der Waals surface area (Å²) in [6.45, 7) is 26.0. The first-order chi connectivity index (χ1) is 12.9. The van der Waals surface area contributed by atoms with Gasteiger partial charge in [0.1, 0.15) is 5.60 Å². The second-order valence-corrected chi connectivity index (χ2v) is 15.8. The van der Waals surface area contributed by atoms with Crippen molar-refractivity contribution in [3.05, 3.63) is 34.4 Å². The first-order valence-corrected chi connectivity index (χ1v) is 13.6. The van der Waals surface area contributed by atoms with Crippen LogP contribution >= 0.6 is 0 Å². The van der Waals surface area contributed by atoms with Gasteiger partial charge in [0.25, 0.3) is 0 Å². The number of hydrogen-bond donors (Lipinski definition) is 1. The predicted molar refractivity (Wildman–Crippen MR) is 125 cm³/mol. The van der Waals surface area contributed by atoms with Gasteiger partial charge in [-0.25, -0.2) is 4.79 Å². The zero-order valence-electron chi connectivity index (χ0n) is 20.7. The summed E-state index contributed by atoms with van der Waals surface area (Å²) in [5.74, 6) is 0.108. The molecule has 1 aromatic carbocycles. The number of amides is 1. The van der Waals surface area contributed by atoms with E-state index in [1.54, 1.807) is 0 Å². The second-order valence-electron chi connectivity index (χ2n) is 11.0. The van der Waals surface area contributed by atoms with Crippen molar-refractivity contribution >= 4 is 14.4 Å². The molecular weight excluding hydrogens is 378 g/mol. The average molecular weight is 422 g/mol. The van der Waals surface area contributed by atoms with E-state index >= 15 is 0 Å². The monoisotopic (exact) mass is 421 g/mol. The topological polar surface area (TPSA) is 47.6 Å². The average Bonchev–Trinajstić information content (AvgIpc) is 2.47. The van der Waals surface area contributed by atoms with Crippen LogP contribution in [0, 0.1) is 26.7 Å². The third-order valence-corrected chi connectivity index (χ3v) is 10.3. The highest BCUT2D eigenvalue weighted by atomic mass is 28.4. The first kappa shape index (κ1) is 25.7. The van der Waals surface area contributed by atoms with Gasteiger partial charge in [0.05, 0.1) is 6.04 Å².